The zero-order valence-electron chi connectivity index (χ0n) is 12.0. The molecule has 3 heterocycles. The number of hydrogen-bond donors (Lipinski definition) is 1. The number of nitrogens with two attached hydrogens (primary N) is 1. The van der Waals surface area contributed by atoms with Gasteiger partial charge in [0.05, 0.1) is 0 Å². The summed E-state index contributed by atoms with van der Waals surface area (Å²) < 4.78 is 3.72. The molecule has 0 atom stereocenters. The average Bonchev–Trinajstić information content (AvgIpc) is 2.88. The maximum absolute atomic E-state index is 12.5. The fraction of sp³-hybridized carbons (Fsp3) is 0.250. The molecule has 0 aliphatic heterocycles. The second-order valence-electron chi connectivity index (χ2n) is 4.62. The number of fused-ring (bicyclic) bond motifs is 3. The van der Waals surface area contributed by atoms with Crippen molar-refractivity contribution in [1.82, 2.24) is 23.5 Å². The van der Waals surface area contributed by atoms with Gasteiger partial charge >= 0.3 is 5.69 Å². The lowest BCUT2D eigenvalue weighted by Crippen LogP contribution is -2.37. The van der Waals surface area contributed by atoms with E-state index in [1.165, 1.54) is 34.8 Å². The molecule has 2 N–H and O–H groups in total. The normalized spacial score (nSPS) is 11.2. The summed E-state index contributed by atoms with van der Waals surface area (Å²) in [5.41, 5.74) is 5.35. The van der Waals surface area contributed by atoms with Crippen molar-refractivity contribution in [3.8, 4) is 6.07 Å². The van der Waals surface area contributed by atoms with E-state index in [0.717, 1.165) is 4.57 Å². The molecule has 10 heteroatoms. The number of hydrogen-bond acceptors (Lipinski definition) is 7. The third-order valence-electron chi connectivity index (χ3n) is 3.44. The van der Waals surface area contributed by atoms with E-state index in [4.69, 9.17) is 5.73 Å². The number of nitrogen functional groups attached to an aromatic ring is 1. The molecule has 0 radical (unpaired) electrons. The molecule has 3 aromatic heterocycles. The van der Waals surface area contributed by atoms with Gasteiger partial charge in [0.1, 0.15) is 22.5 Å². The summed E-state index contributed by atoms with van der Waals surface area (Å²) in [7, 11) is 2.90. The molecular weight excluding hydrogens is 306 g/mol. The monoisotopic (exact) mass is 317 g/mol. The lowest BCUT2D eigenvalue weighted by molar-refractivity contribution is 0.707. The molecule has 0 bridgehead atoms. The maximum Gasteiger partial charge on any atom is 0.332 e. The van der Waals surface area contributed by atoms with Crippen LogP contribution in [0.25, 0.3) is 16.9 Å². The van der Waals surface area contributed by atoms with Gasteiger partial charge in [0.2, 0.25) is 5.78 Å². The SMILES string of the molecule is CSc1c(C#N)c(N)nc2nc3c(c(=O)n(C)c(=O)n3C)n12. The minimum Gasteiger partial charge on any atom is -0.382 e. The average molecular weight is 317 g/mol. The maximum atomic E-state index is 12.5. The van der Waals surface area contributed by atoms with Crippen molar-refractivity contribution in [2.24, 2.45) is 14.1 Å². The van der Waals surface area contributed by atoms with Gasteiger partial charge in [-0.25, -0.2) is 4.79 Å². The fourth-order valence-electron chi connectivity index (χ4n) is 2.33. The first-order chi connectivity index (χ1) is 10.4. The molecule has 3 aromatic rings. The summed E-state index contributed by atoms with van der Waals surface area (Å²) in [5, 5.41) is 9.73. The summed E-state index contributed by atoms with van der Waals surface area (Å²) >= 11 is 1.25. The van der Waals surface area contributed by atoms with E-state index in [1.807, 2.05) is 6.07 Å². The molecule has 0 amide bonds. The Morgan fingerprint density at radius 3 is 2.50 bits per heavy atom. The Kier molecular flexibility index (Phi) is 2.96. The predicted molar refractivity (Wildman–Crippen MR) is 81.9 cm³/mol. The van der Waals surface area contributed by atoms with Crippen LogP contribution in [0.15, 0.2) is 14.6 Å². The molecule has 0 unspecified atom stereocenters. The van der Waals surface area contributed by atoms with Crippen LogP contribution in [0.3, 0.4) is 0 Å². The van der Waals surface area contributed by atoms with Gasteiger partial charge in [-0.1, -0.05) is 0 Å². The third-order valence-corrected chi connectivity index (χ3v) is 4.21. The zero-order chi connectivity index (χ0) is 16.2. The lowest BCUT2D eigenvalue weighted by Gasteiger charge is -2.07. The Morgan fingerprint density at radius 1 is 1.23 bits per heavy atom. The van der Waals surface area contributed by atoms with Gasteiger partial charge < -0.3 is 5.73 Å². The second kappa shape index (κ2) is 4.60. The Labute approximate surface area is 127 Å². The van der Waals surface area contributed by atoms with Gasteiger partial charge in [0.15, 0.2) is 11.2 Å². The van der Waals surface area contributed by atoms with E-state index in [0.29, 0.717) is 5.03 Å². The fourth-order valence-corrected chi connectivity index (χ4v) is 3.04. The van der Waals surface area contributed by atoms with E-state index >= 15 is 0 Å². The molecule has 9 nitrogen and oxygen atoms in total. The van der Waals surface area contributed by atoms with Crippen LogP contribution >= 0.6 is 11.8 Å². The predicted octanol–water partition coefficient (Wildman–Crippen LogP) is -0.544. The summed E-state index contributed by atoms with van der Waals surface area (Å²) in [6, 6.07) is 1.99. The molecular formula is C12H11N7O2S. The highest BCUT2D eigenvalue weighted by Gasteiger charge is 2.21. The molecule has 3 rings (SSSR count). The number of rotatable bonds is 1. The van der Waals surface area contributed by atoms with Crippen molar-refractivity contribution >= 4 is 34.5 Å². The molecule has 22 heavy (non-hydrogen) atoms. The first kappa shape index (κ1) is 14.2. The van der Waals surface area contributed by atoms with Crippen LogP contribution in [0.5, 0.6) is 0 Å². The second-order valence-corrected chi connectivity index (χ2v) is 5.41. The summed E-state index contributed by atoms with van der Waals surface area (Å²) in [5.74, 6) is 0.214. The van der Waals surface area contributed by atoms with Gasteiger partial charge in [-0.3, -0.25) is 18.3 Å². The van der Waals surface area contributed by atoms with Gasteiger partial charge in [-0.2, -0.15) is 15.2 Å². The van der Waals surface area contributed by atoms with Crippen molar-refractivity contribution in [1.29, 1.82) is 5.26 Å². The Morgan fingerprint density at radius 2 is 1.91 bits per heavy atom. The van der Waals surface area contributed by atoms with E-state index < -0.39 is 11.2 Å². The minimum absolute atomic E-state index is 0.0384. The molecule has 0 aliphatic carbocycles. The van der Waals surface area contributed by atoms with Crippen LogP contribution in [0.2, 0.25) is 0 Å². The number of thioether (sulfide) groups is 1. The van der Waals surface area contributed by atoms with Gasteiger partial charge in [0, 0.05) is 14.1 Å². The molecule has 0 fully saturated rings. The number of imidazole rings is 1. The molecule has 0 aliphatic rings. The summed E-state index contributed by atoms with van der Waals surface area (Å²) in [6.45, 7) is 0. The highest BCUT2D eigenvalue weighted by Crippen LogP contribution is 2.26. The number of nitrogens with zero attached hydrogens (tertiary/aromatic N) is 6. The number of nitriles is 1. The number of aryl methyl sites for hydroxylation is 1. The van der Waals surface area contributed by atoms with E-state index in [2.05, 4.69) is 9.97 Å². The van der Waals surface area contributed by atoms with E-state index in [9.17, 15) is 14.9 Å². The standard InChI is InChI=1S/C12H11N7O2S/c1-17-8-6(9(20)18(2)12(17)21)19-10(22-3)5(4-13)7(14)15-11(19)16-8/h1-3H3,(H2,14,15,16). The van der Waals surface area contributed by atoms with Crippen molar-refractivity contribution in [3.63, 3.8) is 0 Å². The van der Waals surface area contributed by atoms with Crippen molar-refractivity contribution in [2.45, 2.75) is 5.03 Å². The third kappa shape index (κ3) is 1.59. The van der Waals surface area contributed by atoms with Crippen molar-refractivity contribution in [3.05, 3.63) is 26.4 Å². The Hall–Kier alpha value is -2.80. The first-order valence-corrected chi connectivity index (χ1v) is 7.36. The van der Waals surface area contributed by atoms with Gasteiger partial charge in [-0.05, 0) is 6.26 Å². The van der Waals surface area contributed by atoms with Crippen LogP contribution in [0, 0.1) is 11.3 Å². The van der Waals surface area contributed by atoms with Crippen LogP contribution in [0.1, 0.15) is 5.56 Å². The van der Waals surface area contributed by atoms with E-state index in [-0.39, 0.29) is 28.3 Å². The molecule has 112 valence electrons. The minimum atomic E-state index is -0.503. The summed E-state index contributed by atoms with van der Waals surface area (Å²) in [6.07, 6.45) is 1.76. The first-order valence-electron chi connectivity index (χ1n) is 6.14. The van der Waals surface area contributed by atoms with Crippen LogP contribution < -0.4 is 17.0 Å². The van der Waals surface area contributed by atoms with Crippen molar-refractivity contribution < 1.29 is 0 Å². The van der Waals surface area contributed by atoms with Crippen LogP contribution in [-0.4, -0.2) is 29.8 Å². The highest BCUT2D eigenvalue weighted by atomic mass is 32.2. The topological polar surface area (TPSA) is 124 Å². The van der Waals surface area contributed by atoms with Crippen molar-refractivity contribution in [2.75, 3.05) is 12.0 Å². The highest BCUT2D eigenvalue weighted by molar-refractivity contribution is 7.98. The summed E-state index contributed by atoms with van der Waals surface area (Å²) in [4.78, 5) is 32.8. The number of anilines is 1. The Bertz CT molecular complexity index is 1100. The largest absolute Gasteiger partial charge is 0.382 e. The van der Waals surface area contributed by atoms with Gasteiger partial charge in [-0.15, -0.1) is 11.8 Å². The number of aromatic nitrogens is 5. The molecule has 0 spiro atoms. The van der Waals surface area contributed by atoms with Crippen LogP contribution in [-0.2, 0) is 14.1 Å². The quantitative estimate of drug-likeness (QED) is 0.472. The zero-order valence-corrected chi connectivity index (χ0v) is 12.8. The van der Waals surface area contributed by atoms with Crippen LogP contribution in [0.4, 0.5) is 5.82 Å². The molecule has 0 aromatic carbocycles. The molecule has 0 saturated heterocycles. The van der Waals surface area contributed by atoms with E-state index in [1.54, 1.807) is 6.26 Å². The Balaban J connectivity index is 2.76. The smallest absolute Gasteiger partial charge is 0.332 e. The molecule has 0 saturated carbocycles. The lowest BCUT2D eigenvalue weighted by atomic mass is 10.3. The van der Waals surface area contributed by atoms with Gasteiger partial charge in [0.25, 0.3) is 5.56 Å².